The SMILES string of the molecule is CCn1ccn(CCBr)c1=O. The van der Waals surface area contributed by atoms with Gasteiger partial charge >= 0.3 is 5.69 Å². The van der Waals surface area contributed by atoms with E-state index in [0.29, 0.717) is 0 Å². The number of aromatic nitrogens is 2. The van der Waals surface area contributed by atoms with Crippen LogP contribution in [0.4, 0.5) is 0 Å². The molecule has 0 atom stereocenters. The number of nitrogens with zero attached hydrogens (tertiary/aromatic N) is 2. The molecule has 4 heteroatoms. The van der Waals surface area contributed by atoms with E-state index in [0.717, 1.165) is 18.4 Å². The van der Waals surface area contributed by atoms with Crippen molar-refractivity contribution < 1.29 is 0 Å². The fourth-order valence-corrected chi connectivity index (χ4v) is 1.34. The monoisotopic (exact) mass is 218 g/mol. The summed E-state index contributed by atoms with van der Waals surface area (Å²) in [5.74, 6) is 0. The number of alkyl halides is 1. The zero-order valence-electron chi connectivity index (χ0n) is 6.46. The molecule has 1 rings (SSSR count). The molecule has 0 fully saturated rings. The second kappa shape index (κ2) is 3.76. The van der Waals surface area contributed by atoms with E-state index in [1.807, 2.05) is 19.3 Å². The fraction of sp³-hybridized carbons (Fsp3) is 0.571. The van der Waals surface area contributed by atoms with E-state index < -0.39 is 0 Å². The normalized spacial score (nSPS) is 10.4. The van der Waals surface area contributed by atoms with Crippen LogP contribution in [0.1, 0.15) is 6.92 Å². The summed E-state index contributed by atoms with van der Waals surface area (Å²) in [5, 5.41) is 0.820. The molecular weight excluding hydrogens is 208 g/mol. The minimum absolute atomic E-state index is 0.0759. The zero-order valence-corrected chi connectivity index (χ0v) is 8.04. The second-order valence-corrected chi connectivity index (χ2v) is 3.04. The van der Waals surface area contributed by atoms with E-state index in [4.69, 9.17) is 0 Å². The van der Waals surface area contributed by atoms with Crippen LogP contribution in [0.3, 0.4) is 0 Å². The molecule has 0 unspecified atom stereocenters. The highest BCUT2D eigenvalue weighted by atomic mass is 79.9. The molecule has 0 aliphatic rings. The van der Waals surface area contributed by atoms with E-state index in [-0.39, 0.29) is 5.69 Å². The number of aryl methyl sites for hydroxylation is 2. The Bertz CT molecular complexity index is 276. The molecule has 11 heavy (non-hydrogen) atoms. The molecule has 0 N–H and O–H groups in total. The first-order chi connectivity index (χ1) is 5.29. The quantitative estimate of drug-likeness (QED) is 0.698. The van der Waals surface area contributed by atoms with Crippen molar-refractivity contribution in [1.29, 1.82) is 0 Å². The molecule has 0 aliphatic carbocycles. The second-order valence-electron chi connectivity index (χ2n) is 2.25. The predicted octanol–water partition coefficient (Wildman–Crippen LogP) is 1.06. The van der Waals surface area contributed by atoms with Crippen LogP contribution < -0.4 is 5.69 Å². The van der Waals surface area contributed by atoms with Crippen LogP contribution in [0.2, 0.25) is 0 Å². The highest BCUT2D eigenvalue weighted by molar-refractivity contribution is 9.09. The summed E-state index contributed by atoms with van der Waals surface area (Å²) in [4.78, 5) is 11.3. The van der Waals surface area contributed by atoms with Gasteiger partial charge in [0.05, 0.1) is 0 Å². The maximum absolute atomic E-state index is 11.3. The molecular formula is C7H11BrN2O. The summed E-state index contributed by atoms with van der Waals surface area (Å²) in [5.41, 5.74) is 0.0759. The molecule has 62 valence electrons. The molecule has 3 nitrogen and oxygen atoms in total. The molecule has 0 aromatic carbocycles. The maximum Gasteiger partial charge on any atom is 0.328 e. The summed E-state index contributed by atoms with van der Waals surface area (Å²) in [6, 6.07) is 0. The van der Waals surface area contributed by atoms with Crippen molar-refractivity contribution in [3.63, 3.8) is 0 Å². The van der Waals surface area contributed by atoms with Crippen molar-refractivity contribution in [2.24, 2.45) is 0 Å². The third-order valence-corrected chi connectivity index (χ3v) is 1.94. The number of halogens is 1. The molecule has 0 aliphatic heterocycles. The third kappa shape index (κ3) is 1.74. The molecule has 0 saturated carbocycles. The molecule has 0 bridgehead atoms. The summed E-state index contributed by atoms with van der Waals surface area (Å²) < 4.78 is 3.38. The van der Waals surface area contributed by atoms with E-state index in [1.165, 1.54) is 0 Å². The number of imidazole rings is 1. The Morgan fingerprint density at radius 1 is 1.45 bits per heavy atom. The van der Waals surface area contributed by atoms with Crippen molar-refractivity contribution in [1.82, 2.24) is 9.13 Å². The van der Waals surface area contributed by atoms with E-state index in [2.05, 4.69) is 15.9 Å². The van der Waals surface area contributed by atoms with Gasteiger partial charge in [0.2, 0.25) is 0 Å². The van der Waals surface area contributed by atoms with Gasteiger partial charge in [0.1, 0.15) is 0 Å². The summed E-state index contributed by atoms with van der Waals surface area (Å²) in [6.07, 6.45) is 3.62. The Labute approximate surface area is 73.8 Å². The Balaban J connectivity index is 2.92. The number of rotatable bonds is 3. The third-order valence-electron chi connectivity index (χ3n) is 1.58. The van der Waals surface area contributed by atoms with Gasteiger partial charge in [0.25, 0.3) is 0 Å². The minimum Gasteiger partial charge on any atom is -0.300 e. The number of hydrogen-bond donors (Lipinski definition) is 0. The molecule has 1 heterocycles. The van der Waals surface area contributed by atoms with Crippen LogP contribution in [0.25, 0.3) is 0 Å². The summed E-state index contributed by atoms with van der Waals surface area (Å²) in [7, 11) is 0. The first-order valence-electron chi connectivity index (χ1n) is 3.61. The van der Waals surface area contributed by atoms with Crippen LogP contribution in [0.5, 0.6) is 0 Å². The first-order valence-corrected chi connectivity index (χ1v) is 4.73. The zero-order chi connectivity index (χ0) is 8.27. The van der Waals surface area contributed by atoms with Crippen LogP contribution in [0, 0.1) is 0 Å². The van der Waals surface area contributed by atoms with Gasteiger partial charge in [-0.3, -0.25) is 9.13 Å². The molecule has 1 aromatic rings. The van der Waals surface area contributed by atoms with Gasteiger partial charge in [-0.15, -0.1) is 0 Å². The van der Waals surface area contributed by atoms with Crippen molar-refractivity contribution >= 4 is 15.9 Å². The Kier molecular flexibility index (Phi) is 2.93. The molecule has 1 aromatic heterocycles. The average Bonchev–Trinajstić information content (AvgIpc) is 2.34. The summed E-state index contributed by atoms with van der Waals surface area (Å²) >= 11 is 3.28. The van der Waals surface area contributed by atoms with Gasteiger partial charge < -0.3 is 0 Å². The standard InChI is InChI=1S/C7H11BrN2O/c1-2-9-5-6-10(4-3-8)7(9)11/h5-6H,2-4H2,1H3. The molecule has 0 radical (unpaired) electrons. The van der Waals surface area contributed by atoms with Gasteiger partial charge in [-0.05, 0) is 6.92 Å². The van der Waals surface area contributed by atoms with Gasteiger partial charge in [0, 0.05) is 30.8 Å². The van der Waals surface area contributed by atoms with Crippen LogP contribution in [-0.4, -0.2) is 14.5 Å². The molecule has 0 amide bonds. The van der Waals surface area contributed by atoms with Crippen molar-refractivity contribution in [3.05, 3.63) is 22.9 Å². The largest absolute Gasteiger partial charge is 0.328 e. The predicted molar refractivity (Wildman–Crippen MR) is 48.2 cm³/mol. The lowest BCUT2D eigenvalue weighted by Gasteiger charge is -1.95. The Morgan fingerprint density at radius 3 is 2.55 bits per heavy atom. The van der Waals surface area contributed by atoms with Crippen molar-refractivity contribution in [2.45, 2.75) is 20.0 Å². The average molecular weight is 219 g/mol. The Hall–Kier alpha value is -0.510. The van der Waals surface area contributed by atoms with Crippen molar-refractivity contribution in [3.8, 4) is 0 Å². The lowest BCUT2D eigenvalue weighted by Crippen LogP contribution is -2.23. The Morgan fingerprint density at radius 2 is 2.09 bits per heavy atom. The minimum atomic E-state index is 0.0759. The highest BCUT2D eigenvalue weighted by Crippen LogP contribution is 1.87. The highest BCUT2D eigenvalue weighted by Gasteiger charge is 1.98. The van der Waals surface area contributed by atoms with Gasteiger partial charge in [0.15, 0.2) is 0 Å². The smallest absolute Gasteiger partial charge is 0.300 e. The maximum atomic E-state index is 11.3. The van der Waals surface area contributed by atoms with Crippen LogP contribution in [-0.2, 0) is 13.1 Å². The van der Waals surface area contributed by atoms with Crippen LogP contribution in [0.15, 0.2) is 17.2 Å². The van der Waals surface area contributed by atoms with E-state index in [9.17, 15) is 4.79 Å². The van der Waals surface area contributed by atoms with E-state index in [1.54, 1.807) is 9.13 Å². The lowest BCUT2D eigenvalue weighted by molar-refractivity contribution is 0.660. The van der Waals surface area contributed by atoms with Gasteiger partial charge in [-0.2, -0.15) is 0 Å². The lowest BCUT2D eigenvalue weighted by atomic mass is 10.7. The van der Waals surface area contributed by atoms with E-state index >= 15 is 0 Å². The van der Waals surface area contributed by atoms with Crippen LogP contribution >= 0.6 is 15.9 Å². The topological polar surface area (TPSA) is 26.9 Å². The fourth-order valence-electron chi connectivity index (χ4n) is 0.955. The molecule has 0 spiro atoms. The van der Waals surface area contributed by atoms with Gasteiger partial charge in [-0.1, -0.05) is 15.9 Å². The van der Waals surface area contributed by atoms with Crippen molar-refractivity contribution in [2.75, 3.05) is 5.33 Å². The number of hydrogen-bond acceptors (Lipinski definition) is 1. The molecule has 0 saturated heterocycles. The summed E-state index contributed by atoms with van der Waals surface area (Å²) in [6.45, 7) is 3.44. The van der Waals surface area contributed by atoms with Gasteiger partial charge in [-0.25, -0.2) is 4.79 Å². The first kappa shape index (κ1) is 8.59.